The van der Waals surface area contributed by atoms with Gasteiger partial charge in [0.2, 0.25) is 5.95 Å². The van der Waals surface area contributed by atoms with Gasteiger partial charge in [0.15, 0.2) is 5.65 Å². The Labute approximate surface area is 126 Å². The summed E-state index contributed by atoms with van der Waals surface area (Å²) < 4.78 is 40.0. The molecule has 114 valence electrons. The number of fused-ring (bicyclic) bond motifs is 1. The molecule has 0 spiro atoms. The normalized spacial score (nSPS) is 12.0. The number of aryl methyl sites for hydroxylation is 1. The molecule has 6 nitrogen and oxygen atoms in total. The van der Waals surface area contributed by atoms with Gasteiger partial charge in [0, 0.05) is 5.69 Å². The first-order chi connectivity index (χ1) is 10.3. The molecule has 3 rings (SSSR count). The van der Waals surface area contributed by atoms with Crippen molar-refractivity contribution in [3.8, 4) is 11.1 Å². The number of pyridine rings is 1. The van der Waals surface area contributed by atoms with Crippen molar-refractivity contribution in [1.82, 2.24) is 24.6 Å². The number of rotatable bonds is 1. The fourth-order valence-electron chi connectivity index (χ4n) is 2.08. The van der Waals surface area contributed by atoms with Gasteiger partial charge in [-0.25, -0.2) is 15.0 Å². The summed E-state index contributed by atoms with van der Waals surface area (Å²) >= 11 is 6.05. The van der Waals surface area contributed by atoms with Crippen LogP contribution in [0.1, 0.15) is 11.4 Å². The van der Waals surface area contributed by atoms with E-state index in [4.69, 9.17) is 17.3 Å². The van der Waals surface area contributed by atoms with Gasteiger partial charge in [-0.3, -0.25) is 0 Å². The third-order valence-corrected chi connectivity index (χ3v) is 3.21. The minimum Gasteiger partial charge on any atom is -0.368 e. The number of aromatic nitrogens is 5. The molecule has 3 aromatic heterocycles. The van der Waals surface area contributed by atoms with Gasteiger partial charge in [-0.1, -0.05) is 11.6 Å². The molecule has 10 heteroatoms. The number of anilines is 1. The van der Waals surface area contributed by atoms with Crippen LogP contribution in [0.5, 0.6) is 0 Å². The zero-order valence-corrected chi connectivity index (χ0v) is 11.8. The Bertz CT molecular complexity index is 873. The molecule has 22 heavy (non-hydrogen) atoms. The first kappa shape index (κ1) is 14.5. The molecule has 0 aromatic carbocycles. The number of hydrogen-bond donors (Lipinski definition) is 1. The molecule has 3 heterocycles. The smallest absolute Gasteiger partial charge is 0.368 e. The topological polar surface area (TPSA) is 82.0 Å². The first-order valence-corrected chi connectivity index (χ1v) is 6.36. The number of alkyl halides is 3. The maximum absolute atomic E-state index is 12.9. The number of nitrogen functional groups attached to an aromatic ring is 1. The molecule has 0 aliphatic heterocycles. The summed E-state index contributed by atoms with van der Waals surface area (Å²) in [5.41, 5.74) is 5.44. The molecule has 0 bridgehead atoms. The Morgan fingerprint density at radius 1 is 1.23 bits per heavy atom. The van der Waals surface area contributed by atoms with Crippen LogP contribution in [0.2, 0.25) is 5.15 Å². The summed E-state index contributed by atoms with van der Waals surface area (Å²) in [6.07, 6.45) is -3.36. The Kier molecular flexibility index (Phi) is 3.17. The molecule has 0 saturated heterocycles. The Morgan fingerprint density at radius 2 is 1.95 bits per heavy atom. The van der Waals surface area contributed by atoms with E-state index in [9.17, 15) is 13.2 Å². The van der Waals surface area contributed by atoms with Gasteiger partial charge in [-0.05, 0) is 24.6 Å². The second kappa shape index (κ2) is 4.80. The van der Waals surface area contributed by atoms with Crippen LogP contribution in [0.4, 0.5) is 19.1 Å². The van der Waals surface area contributed by atoms with Crippen LogP contribution in [-0.4, -0.2) is 24.6 Å². The van der Waals surface area contributed by atoms with Gasteiger partial charge >= 0.3 is 6.18 Å². The second-order valence-corrected chi connectivity index (χ2v) is 4.87. The highest BCUT2D eigenvalue weighted by Gasteiger charge is 2.33. The quantitative estimate of drug-likeness (QED) is 0.695. The Balaban J connectivity index is 2.33. The fourth-order valence-corrected chi connectivity index (χ4v) is 2.36. The summed E-state index contributed by atoms with van der Waals surface area (Å²) in [4.78, 5) is 11.3. The highest BCUT2D eigenvalue weighted by Crippen LogP contribution is 2.35. The summed E-state index contributed by atoms with van der Waals surface area (Å²) in [6.45, 7) is 1.46. The minimum absolute atomic E-state index is 0.0110. The van der Waals surface area contributed by atoms with E-state index in [1.54, 1.807) is 0 Å². The lowest BCUT2D eigenvalue weighted by Crippen LogP contribution is -2.09. The van der Waals surface area contributed by atoms with Crippen LogP contribution in [0.15, 0.2) is 18.5 Å². The zero-order chi connectivity index (χ0) is 16.1. The molecule has 0 aliphatic carbocycles. The van der Waals surface area contributed by atoms with E-state index in [-0.39, 0.29) is 33.6 Å². The van der Waals surface area contributed by atoms with E-state index in [1.165, 1.54) is 23.8 Å². The molecular formula is C12H8ClF3N6. The van der Waals surface area contributed by atoms with Crippen molar-refractivity contribution in [3.05, 3.63) is 35.0 Å². The van der Waals surface area contributed by atoms with E-state index in [1.807, 2.05) is 0 Å². The predicted octanol–water partition coefficient (Wildman–Crippen LogP) is 2.75. The van der Waals surface area contributed by atoms with Crippen molar-refractivity contribution in [3.63, 3.8) is 0 Å². The molecular weight excluding hydrogens is 321 g/mol. The van der Waals surface area contributed by atoms with Crippen LogP contribution in [0.3, 0.4) is 0 Å². The van der Waals surface area contributed by atoms with Gasteiger partial charge in [0.1, 0.15) is 17.2 Å². The number of nitrogens with zero attached hydrogens (tertiary/aromatic N) is 5. The number of halogens is 4. The lowest BCUT2D eigenvalue weighted by molar-refractivity contribution is -0.141. The van der Waals surface area contributed by atoms with Crippen LogP contribution < -0.4 is 5.73 Å². The third-order valence-electron chi connectivity index (χ3n) is 2.94. The highest BCUT2D eigenvalue weighted by atomic mass is 35.5. The first-order valence-electron chi connectivity index (χ1n) is 5.98. The number of hydrogen-bond acceptors (Lipinski definition) is 5. The van der Waals surface area contributed by atoms with Gasteiger partial charge in [0.25, 0.3) is 0 Å². The molecule has 0 radical (unpaired) electrons. The van der Waals surface area contributed by atoms with E-state index in [2.05, 4.69) is 20.1 Å². The molecule has 3 aromatic rings. The maximum atomic E-state index is 12.9. The predicted molar refractivity (Wildman–Crippen MR) is 73.2 cm³/mol. The monoisotopic (exact) mass is 328 g/mol. The lowest BCUT2D eigenvalue weighted by atomic mass is 10.1. The van der Waals surface area contributed by atoms with Gasteiger partial charge in [-0.2, -0.15) is 22.8 Å². The zero-order valence-electron chi connectivity index (χ0n) is 11.1. The van der Waals surface area contributed by atoms with Crippen LogP contribution >= 0.6 is 11.6 Å². The molecule has 0 amide bonds. The largest absolute Gasteiger partial charge is 0.433 e. The fraction of sp³-hybridized carbons (Fsp3) is 0.167. The Hall–Kier alpha value is -2.42. The van der Waals surface area contributed by atoms with Gasteiger partial charge < -0.3 is 5.73 Å². The van der Waals surface area contributed by atoms with Crippen LogP contribution in [0, 0.1) is 6.92 Å². The highest BCUT2D eigenvalue weighted by molar-refractivity contribution is 6.33. The third kappa shape index (κ3) is 2.33. The maximum Gasteiger partial charge on any atom is 0.433 e. The van der Waals surface area contributed by atoms with Crippen molar-refractivity contribution >= 4 is 23.2 Å². The van der Waals surface area contributed by atoms with E-state index in [0.717, 1.165) is 6.07 Å². The molecule has 0 unspecified atom stereocenters. The SMILES string of the molecule is Cc1cc(-c2c(Cl)nc(N)n3ncnc23)cc(C(F)(F)F)n1. The molecule has 0 fully saturated rings. The van der Waals surface area contributed by atoms with Crippen LogP contribution in [-0.2, 0) is 6.18 Å². The Morgan fingerprint density at radius 3 is 2.64 bits per heavy atom. The average molecular weight is 329 g/mol. The van der Waals surface area contributed by atoms with Gasteiger partial charge in [-0.15, -0.1) is 0 Å². The van der Waals surface area contributed by atoms with Crippen molar-refractivity contribution in [1.29, 1.82) is 0 Å². The summed E-state index contributed by atoms with van der Waals surface area (Å²) in [7, 11) is 0. The standard InChI is InChI=1S/C12H8ClF3N6/c1-5-2-6(3-7(20-5)12(14,15)16)8-9(13)21-11(17)22-10(8)18-4-19-22/h2-4H,1H3,(H2,17,21). The van der Waals surface area contributed by atoms with E-state index < -0.39 is 11.9 Å². The lowest BCUT2D eigenvalue weighted by Gasteiger charge is -2.11. The summed E-state index contributed by atoms with van der Waals surface area (Å²) in [6, 6.07) is 2.35. The second-order valence-electron chi connectivity index (χ2n) is 4.51. The summed E-state index contributed by atoms with van der Waals surface area (Å²) in [5.74, 6) is -0.0110. The molecule has 0 saturated carbocycles. The van der Waals surface area contributed by atoms with Crippen molar-refractivity contribution < 1.29 is 13.2 Å². The van der Waals surface area contributed by atoms with E-state index >= 15 is 0 Å². The van der Waals surface area contributed by atoms with Crippen molar-refractivity contribution in [2.75, 3.05) is 5.73 Å². The molecule has 2 N–H and O–H groups in total. The number of nitrogens with two attached hydrogens (primary N) is 1. The average Bonchev–Trinajstić information content (AvgIpc) is 2.86. The van der Waals surface area contributed by atoms with E-state index in [0.29, 0.717) is 0 Å². The summed E-state index contributed by atoms with van der Waals surface area (Å²) in [5, 5.41) is 3.80. The van der Waals surface area contributed by atoms with Crippen LogP contribution in [0.25, 0.3) is 16.8 Å². The minimum atomic E-state index is -4.57. The van der Waals surface area contributed by atoms with Crippen molar-refractivity contribution in [2.24, 2.45) is 0 Å². The molecule has 0 aliphatic rings. The molecule has 0 atom stereocenters. The van der Waals surface area contributed by atoms with Crippen molar-refractivity contribution in [2.45, 2.75) is 13.1 Å². The van der Waals surface area contributed by atoms with Gasteiger partial charge in [0.05, 0.1) is 5.56 Å².